The molecule has 0 saturated carbocycles. The molecule has 0 bridgehead atoms. The summed E-state index contributed by atoms with van der Waals surface area (Å²) in [5.41, 5.74) is 3.00. The summed E-state index contributed by atoms with van der Waals surface area (Å²) in [6, 6.07) is 29.6. The first kappa shape index (κ1) is 19.8. The number of benzene rings is 3. The van der Waals surface area contributed by atoms with Gasteiger partial charge in [-0.25, -0.2) is 4.79 Å². The highest BCUT2D eigenvalue weighted by atomic mass is 16.5. The van der Waals surface area contributed by atoms with Crippen LogP contribution in [0.1, 0.15) is 34.3 Å². The van der Waals surface area contributed by atoms with Crippen molar-refractivity contribution in [2.75, 3.05) is 6.61 Å². The summed E-state index contributed by atoms with van der Waals surface area (Å²) in [6.45, 7) is 0.982. The molecule has 0 radical (unpaired) electrons. The number of hydrogen-bond acceptors (Lipinski definition) is 3. The van der Waals surface area contributed by atoms with E-state index in [0.717, 1.165) is 24.8 Å². The van der Waals surface area contributed by atoms with Gasteiger partial charge >= 0.3 is 5.97 Å². The second-order valence-electron chi connectivity index (χ2n) is 6.75. The van der Waals surface area contributed by atoms with E-state index in [1.54, 1.807) is 12.1 Å². The van der Waals surface area contributed by atoms with Crippen LogP contribution in [0.25, 0.3) is 0 Å². The molecule has 0 fully saturated rings. The number of hydrogen-bond donors (Lipinski definition) is 0. The largest absolute Gasteiger partial charge is 0.462 e. The van der Waals surface area contributed by atoms with Crippen molar-refractivity contribution in [2.45, 2.75) is 32.0 Å². The maximum Gasteiger partial charge on any atom is 0.338 e. The molecule has 0 aliphatic rings. The Balaban J connectivity index is 1.49. The maximum atomic E-state index is 12.0. The average molecular weight is 374 g/mol. The molecule has 3 rings (SSSR count). The van der Waals surface area contributed by atoms with Crippen LogP contribution in [0.2, 0.25) is 0 Å². The molecular weight excluding hydrogens is 348 g/mol. The fourth-order valence-corrected chi connectivity index (χ4v) is 3.04. The first-order valence-corrected chi connectivity index (χ1v) is 9.73. The summed E-state index contributed by atoms with van der Waals surface area (Å²) in [5, 5.41) is 0. The highest BCUT2D eigenvalue weighted by Crippen LogP contribution is 2.14. The molecule has 3 aromatic rings. The third-order valence-electron chi connectivity index (χ3n) is 4.55. The zero-order valence-corrected chi connectivity index (χ0v) is 16.0. The molecule has 1 atom stereocenters. The molecule has 0 heterocycles. The van der Waals surface area contributed by atoms with E-state index in [0.29, 0.717) is 18.8 Å². The molecule has 0 aliphatic heterocycles. The summed E-state index contributed by atoms with van der Waals surface area (Å²) < 4.78 is 11.6. The van der Waals surface area contributed by atoms with Crippen LogP contribution in [0, 0.1) is 0 Å². The van der Waals surface area contributed by atoms with Gasteiger partial charge in [-0.05, 0) is 42.5 Å². The van der Waals surface area contributed by atoms with Crippen molar-refractivity contribution in [3.05, 3.63) is 108 Å². The summed E-state index contributed by atoms with van der Waals surface area (Å²) in [5.74, 6) is -0.273. The first-order valence-electron chi connectivity index (χ1n) is 9.73. The fourth-order valence-electron chi connectivity index (χ4n) is 3.04. The van der Waals surface area contributed by atoms with Crippen LogP contribution in [0.5, 0.6) is 0 Å². The van der Waals surface area contributed by atoms with Gasteiger partial charge in [0.25, 0.3) is 0 Å². The SMILES string of the molecule is O=C(OCCCC(Cc1ccccc1)OCc1ccccc1)c1ccccc1. The van der Waals surface area contributed by atoms with Crippen LogP contribution in [-0.4, -0.2) is 18.7 Å². The van der Waals surface area contributed by atoms with Gasteiger partial charge in [0.1, 0.15) is 0 Å². The van der Waals surface area contributed by atoms with Gasteiger partial charge in [0.05, 0.1) is 24.9 Å². The van der Waals surface area contributed by atoms with Crippen LogP contribution in [0.15, 0.2) is 91.0 Å². The lowest BCUT2D eigenvalue weighted by Gasteiger charge is -2.18. The van der Waals surface area contributed by atoms with E-state index in [4.69, 9.17) is 9.47 Å². The molecule has 28 heavy (non-hydrogen) atoms. The van der Waals surface area contributed by atoms with E-state index in [-0.39, 0.29) is 12.1 Å². The number of rotatable bonds is 10. The predicted molar refractivity (Wildman–Crippen MR) is 111 cm³/mol. The lowest BCUT2D eigenvalue weighted by atomic mass is 10.0. The lowest BCUT2D eigenvalue weighted by molar-refractivity contribution is 0.0250. The van der Waals surface area contributed by atoms with Gasteiger partial charge in [-0.3, -0.25) is 0 Å². The number of carbonyl (C=O) groups excluding carboxylic acids is 1. The number of ether oxygens (including phenoxy) is 2. The molecule has 1 unspecified atom stereocenters. The maximum absolute atomic E-state index is 12.0. The first-order chi connectivity index (χ1) is 13.8. The van der Waals surface area contributed by atoms with Crippen LogP contribution in [0.4, 0.5) is 0 Å². The third-order valence-corrected chi connectivity index (χ3v) is 4.55. The molecule has 3 heteroatoms. The van der Waals surface area contributed by atoms with Crippen LogP contribution < -0.4 is 0 Å². The minimum atomic E-state index is -0.273. The Morgan fingerprint density at radius 1 is 0.750 bits per heavy atom. The molecule has 0 amide bonds. The van der Waals surface area contributed by atoms with Crippen molar-refractivity contribution < 1.29 is 14.3 Å². The number of esters is 1. The zero-order valence-electron chi connectivity index (χ0n) is 16.0. The van der Waals surface area contributed by atoms with Crippen molar-refractivity contribution in [1.82, 2.24) is 0 Å². The van der Waals surface area contributed by atoms with E-state index in [2.05, 4.69) is 24.3 Å². The minimum Gasteiger partial charge on any atom is -0.462 e. The fraction of sp³-hybridized carbons (Fsp3) is 0.240. The van der Waals surface area contributed by atoms with Crippen molar-refractivity contribution in [1.29, 1.82) is 0 Å². The summed E-state index contributed by atoms with van der Waals surface area (Å²) in [4.78, 5) is 12.0. The predicted octanol–water partition coefficient (Wildman–Crippen LogP) is 5.45. The van der Waals surface area contributed by atoms with Gasteiger partial charge in [0.15, 0.2) is 0 Å². The van der Waals surface area contributed by atoms with Crippen molar-refractivity contribution in [3.63, 3.8) is 0 Å². The van der Waals surface area contributed by atoms with Gasteiger partial charge in [-0.2, -0.15) is 0 Å². The Labute approximate surface area is 166 Å². The standard InChI is InChI=1S/C25H26O3/c26-25(23-15-8-3-9-16-23)27-18-10-17-24(19-21-11-4-1-5-12-21)28-20-22-13-6-2-7-14-22/h1-9,11-16,24H,10,17-20H2. The van der Waals surface area contributed by atoms with Crippen LogP contribution in [-0.2, 0) is 22.5 Å². The normalized spacial score (nSPS) is 11.7. The highest BCUT2D eigenvalue weighted by Gasteiger charge is 2.12. The Bertz CT molecular complexity index is 816. The van der Waals surface area contributed by atoms with E-state index in [9.17, 15) is 4.79 Å². The average Bonchev–Trinajstić information content (AvgIpc) is 2.76. The topological polar surface area (TPSA) is 35.5 Å². The molecule has 3 aromatic carbocycles. The summed E-state index contributed by atoms with van der Waals surface area (Å²) in [7, 11) is 0. The third kappa shape index (κ3) is 6.67. The highest BCUT2D eigenvalue weighted by molar-refractivity contribution is 5.89. The van der Waals surface area contributed by atoms with Gasteiger partial charge in [0, 0.05) is 0 Å². The van der Waals surface area contributed by atoms with Gasteiger partial charge in [-0.1, -0.05) is 78.9 Å². The Morgan fingerprint density at radius 2 is 1.32 bits per heavy atom. The van der Waals surface area contributed by atoms with E-state index < -0.39 is 0 Å². The molecule has 3 nitrogen and oxygen atoms in total. The number of carbonyl (C=O) groups is 1. The Hall–Kier alpha value is -2.91. The van der Waals surface area contributed by atoms with Crippen molar-refractivity contribution in [3.8, 4) is 0 Å². The second kappa shape index (κ2) is 11.1. The Kier molecular flexibility index (Phi) is 7.83. The van der Waals surface area contributed by atoms with E-state index in [1.165, 1.54) is 5.56 Å². The molecule has 144 valence electrons. The van der Waals surface area contributed by atoms with Crippen LogP contribution >= 0.6 is 0 Å². The zero-order chi connectivity index (χ0) is 19.4. The summed E-state index contributed by atoms with van der Waals surface area (Å²) >= 11 is 0. The van der Waals surface area contributed by atoms with Crippen molar-refractivity contribution in [2.24, 2.45) is 0 Å². The smallest absolute Gasteiger partial charge is 0.338 e. The van der Waals surface area contributed by atoms with Gasteiger partial charge in [0.2, 0.25) is 0 Å². The molecule has 0 aliphatic carbocycles. The molecule has 0 spiro atoms. The van der Waals surface area contributed by atoms with E-state index >= 15 is 0 Å². The second-order valence-corrected chi connectivity index (χ2v) is 6.75. The molecular formula is C25H26O3. The van der Waals surface area contributed by atoms with Gasteiger partial charge < -0.3 is 9.47 Å². The van der Waals surface area contributed by atoms with Crippen LogP contribution in [0.3, 0.4) is 0 Å². The van der Waals surface area contributed by atoms with Crippen molar-refractivity contribution >= 4 is 5.97 Å². The quantitative estimate of drug-likeness (QED) is 0.350. The monoisotopic (exact) mass is 374 g/mol. The minimum absolute atomic E-state index is 0.0815. The summed E-state index contributed by atoms with van der Waals surface area (Å²) in [6.07, 6.45) is 2.53. The van der Waals surface area contributed by atoms with E-state index in [1.807, 2.05) is 54.6 Å². The molecule has 0 aromatic heterocycles. The molecule has 0 N–H and O–H groups in total. The Morgan fingerprint density at radius 3 is 1.96 bits per heavy atom. The van der Waals surface area contributed by atoms with Gasteiger partial charge in [-0.15, -0.1) is 0 Å². The lowest BCUT2D eigenvalue weighted by Crippen LogP contribution is -2.17. The molecule has 0 saturated heterocycles.